The first kappa shape index (κ1) is 51.0. The molecule has 0 atom stereocenters. The zero-order valence-electron chi connectivity index (χ0n) is 35.6. The van der Waals surface area contributed by atoms with Gasteiger partial charge in [0.05, 0.1) is 0 Å². The number of rotatable bonds is 26. The summed E-state index contributed by atoms with van der Waals surface area (Å²) in [6.45, 7) is 21.0. The van der Waals surface area contributed by atoms with Crippen LogP contribution in [0.15, 0.2) is 59.7 Å². The van der Waals surface area contributed by atoms with Crippen molar-refractivity contribution in [1.82, 2.24) is 0 Å². The Morgan fingerprint density at radius 3 is 1.45 bits per heavy atom. The van der Waals surface area contributed by atoms with Crippen LogP contribution in [-0.2, 0) is 29.3 Å². The summed E-state index contributed by atoms with van der Waals surface area (Å²) in [5.74, 6) is 0. The molecule has 0 aromatic heterocycles. The molecule has 1 aliphatic heterocycles. The Bertz CT molecular complexity index is 1210. The number of hydrogen-bond donors (Lipinski definition) is 0. The van der Waals surface area contributed by atoms with Gasteiger partial charge in [0, 0.05) is 22.3 Å². The normalized spacial score (nSPS) is 12.3. The molecule has 0 N–H and O–H groups in total. The van der Waals surface area contributed by atoms with Crippen LogP contribution < -0.4 is 0 Å². The summed E-state index contributed by atoms with van der Waals surface area (Å²) >= 11 is 0. The third-order valence-electron chi connectivity index (χ3n) is 10.3. The fraction of sp³-hybridized carbons (Fsp3) is 0.640. The summed E-state index contributed by atoms with van der Waals surface area (Å²) in [5, 5.41) is 0. The van der Waals surface area contributed by atoms with Crippen LogP contribution >= 0.6 is 0 Å². The van der Waals surface area contributed by atoms with Gasteiger partial charge in [-0.05, 0) is 80.8 Å². The number of nitrogens with zero attached hydrogens (tertiary/aromatic N) is 2. The van der Waals surface area contributed by atoms with Gasteiger partial charge in [-0.3, -0.25) is 0 Å². The van der Waals surface area contributed by atoms with E-state index in [2.05, 4.69) is 104 Å². The second-order valence-electron chi connectivity index (χ2n) is 15.1. The van der Waals surface area contributed by atoms with Crippen LogP contribution in [0.25, 0.3) is 16.9 Å². The first-order chi connectivity index (χ1) is 25.4. The largest absolute Gasteiger partial charge is 2.00 e. The second kappa shape index (κ2) is 34.5. The van der Waals surface area contributed by atoms with Crippen LogP contribution in [0, 0.1) is 13.8 Å². The maximum atomic E-state index is 11.5. The van der Waals surface area contributed by atoms with Gasteiger partial charge in [0.15, 0.2) is 0 Å². The molecule has 0 aliphatic carbocycles. The maximum absolute atomic E-state index is 11.5. The van der Waals surface area contributed by atoms with Crippen LogP contribution in [0.4, 0.5) is 0 Å². The molecule has 3 heteroatoms. The Kier molecular flexibility index (Phi) is 33.2. The minimum atomic E-state index is 0. The van der Waals surface area contributed by atoms with E-state index in [1.165, 1.54) is 155 Å². The minimum absolute atomic E-state index is 0. The van der Waals surface area contributed by atoms with Crippen molar-refractivity contribution in [2.45, 2.75) is 208 Å². The molecule has 2 aromatic rings. The van der Waals surface area contributed by atoms with Gasteiger partial charge in [-0.25, -0.2) is 4.70 Å². The van der Waals surface area contributed by atoms with Crippen molar-refractivity contribution in [2.24, 2.45) is 0 Å². The van der Waals surface area contributed by atoms with Crippen LogP contribution in [0.5, 0.6) is 0 Å². The van der Waals surface area contributed by atoms with E-state index in [1.54, 1.807) is 0 Å². The maximum Gasteiger partial charge on any atom is 2.00 e. The minimum Gasteiger partial charge on any atom is -0.493 e. The standard InChI is InChI=1S/C32H44N2.2C9H19.Ni/c1-5-8-11-13-16-27-17-14-18-29(24-27)32-30(19-12-9-6-2)25(4)31(34(32)33)28-22-20-26(21-23-28)15-10-7-3;2*1-3-5-7-9-8-6-4-2;/h14,17-18,20-24H,5-13,15-16,19H2,1-4H3;2*1,3-9H2,2H3;/q;2*-1;+2. The Morgan fingerprint density at radius 1 is 0.472 bits per heavy atom. The van der Waals surface area contributed by atoms with Gasteiger partial charge < -0.3 is 19.4 Å². The predicted octanol–water partition coefficient (Wildman–Crippen LogP) is 17.1. The van der Waals surface area contributed by atoms with Gasteiger partial charge in [0.2, 0.25) is 11.4 Å². The molecule has 0 bridgehead atoms. The number of unbranched alkanes of at least 4 members (excludes halogenated alkanes) is 18. The molecule has 302 valence electrons. The Hall–Kier alpha value is -1.99. The number of hydrogen-bond acceptors (Lipinski definition) is 0. The molecule has 0 saturated carbocycles. The monoisotopic (exact) mass is 769 g/mol. The first-order valence-electron chi connectivity index (χ1n) is 22.1. The molecule has 0 spiro atoms. The fourth-order valence-electron chi connectivity index (χ4n) is 6.97. The van der Waals surface area contributed by atoms with Gasteiger partial charge >= 0.3 is 16.5 Å². The van der Waals surface area contributed by atoms with Crippen LogP contribution in [0.1, 0.15) is 218 Å². The quantitative estimate of drug-likeness (QED) is 0.0394. The van der Waals surface area contributed by atoms with E-state index in [9.17, 15) is 5.53 Å². The fourth-order valence-corrected chi connectivity index (χ4v) is 6.97. The topological polar surface area (TPSA) is 25.3 Å². The molecule has 2 aromatic carbocycles. The SMILES string of the molecule is CCCCCCc1cccc(C2=C(CCCCC)C(C)=C(c3ccc(CCCC)cc3)[N+]2=[N-])c1.[CH2-]CCCCCCCC.[CH2-]CCCCCCCC.[Ni+2]. The van der Waals surface area contributed by atoms with E-state index in [-0.39, 0.29) is 16.5 Å². The summed E-state index contributed by atoms with van der Waals surface area (Å²) in [6, 6.07) is 17.7. The molecular weight excluding hydrogens is 687 g/mol. The van der Waals surface area contributed by atoms with Crippen molar-refractivity contribution < 1.29 is 21.2 Å². The molecule has 3 rings (SSSR count). The van der Waals surface area contributed by atoms with Crippen molar-refractivity contribution in [2.75, 3.05) is 0 Å². The molecule has 2 nitrogen and oxygen atoms in total. The molecule has 0 saturated heterocycles. The van der Waals surface area contributed by atoms with Crippen molar-refractivity contribution in [3.63, 3.8) is 0 Å². The molecule has 0 fully saturated rings. The third-order valence-corrected chi connectivity index (χ3v) is 10.3. The van der Waals surface area contributed by atoms with Gasteiger partial charge in [0.25, 0.3) is 0 Å². The van der Waals surface area contributed by atoms with Gasteiger partial charge in [-0.1, -0.05) is 174 Å². The van der Waals surface area contributed by atoms with E-state index in [0.717, 1.165) is 61.0 Å². The number of benzene rings is 2. The molecule has 53 heavy (non-hydrogen) atoms. The van der Waals surface area contributed by atoms with E-state index < -0.39 is 0 Å². The van der Waals surface area contributed by atoms with Crippen molar-refractivity contribution in [3.8, 4) is 0 Å². The molecule has 1 aliphatic rings. The second-order valence-corrected chi connectivity index (χ2v) is 15.1. The van der Waals surface area contributed by atoms with Gasteiger partial charge in [0.1, 0.15) is 0 Å². The summed E-state index contributed by atoms with van der Waals surface area (Å²) in [5.41, 5.74) is 20.9. The van der Waals surface area contributed by atoms with Crippen LogP contribution in [0.3, 0.4) is 0 Å². The van der Waals surface area contributed by atoms with E-state index in [1.807, 2.05) is 0 Å². The van der Waals surface area contributed by atoms with E-state index in [4.69, 9.17) is 0 Å². The van der Waals surface area contributed by atoms with E-state index >= 15 is 0 Å². The molecular formula is C50H82N2Ni. The average Bonchev–Trinajstić information content (AvgIpc) is 3.41. The summed E-state index contributed by atoms with van der Waals surface area (Å²) in [4.78, 5) is 0. The molecule has 0 unspecified atom stereocenters. The summed E-state index contributed by atoms with van der Waals surface area (Å²) in [7, 11) is 0. The number of allylic oxidation sites excluding steroid dienone is 2. The van der Waals surface area contributed by atoms with Crippen LogP contribution in [-0.4, -0.2) is 4.70 Å². The van der Waals surface area contributed by atoms with Crippen LogP contribution in [0.2, 0.25) is 0 Å². The molecule has 0 radical (unpaired) electrons. The zero-order chi connectivity index (χ0) is 38.2. The zero-order valence-corrected chi connectivity index (χ0v) is 36.6. The van der Waals surface area contributed by atoms with Crippen molar-refractivity contribution in [3.05, 3.63) is 101 Å². The first-order valence-corrected chi connectivity index (χ1v) is 22.1. The molecule has 0 amide bonds. The summed E-state index contributed by atoms with van der Waals surface area (Å²) in [6.07, 6.45) is 33.2. The van der Waals surface area contributed by atoms with E-state index in [0.29, 0.717) is 0 Å². The Labute approximate surface area is 340 Å². The molecule has 1 heterocycles. The smallest absolute Gasteiger partial charge is 0.493 e. The third kappa shape index (κ3) is 21.6. The predicted molar refractivity (Wildman–Crippen MR) is 233 cm³/mol. The Balaban J connectivity index is 0.00000117. The van der Waals surface area contributed by atoms with Gasteiger partial charge in [-0.2, -0.15) is 12.8 Å². The number of aryl methyl sites for hydroxylation is 2. The van der Waals surface area contributed by atoms with Crippen molar-refractivity contribution in [1.29, 1.82) is 0 Å². The average molecular weight is 770 g/mol. The van der Waals surface area contributed by atoms with Crippen molar-refractivity contribution >= 4 is 11.4 Å². The summed E-state index contributed by atoms with van der Waals surface area (Å²) < 4.78 is 1.48. The Morgan fingerprint density at radius 2 is 0.925 bits per heavy atom. The van der Waals surface area contributed by atoms with Gasteiger partial charge in [-0.15, -0.1) is 0 Å².